The van der Waals surface area contributed by atoms with E-state index in [4.69, 9.17) is 23.2 Å². The van der Waals surface area contributed by atoms with Gasteiger partial charge < -0.3 is 10.4 Å². The van der Waals surface area contributed by atoms with Crippen molar-refractivity contribution in [3.63, 3.8) is 0 Å². The van der Waals surface area contributed by atoms with Gasteiger partial charge in [-0.3, -0.25) is 0 Å². The summed E-state index contributed by atoms with van der Waals surface area (Å²) < 4.78 is 13.0. The Hall–Kier alpha value is -0.510. The Labute approximate surface area is 110 Å². The molecule has 2 atom stereocenters. The molecule has 0 unspecified atom stereocenters. The molecule has 1 fully saturated rings. The molecule has 2 rings (SSSR count). The van der Waals surface area contributed by atoms with Gasteiger partial charge in [0.15, 0.2) is 0 Å². The van der Waals surface area contributed by atoms with Crippen molar-refractivity contribution >= 4 is 28.9 Å². The highest BCUT2D eigenvalue weighted by atomic mass is 35.5. The van der Waals surface area contributed by atoms with Crippen LogP contribution in [0.2, 0.25) is 10.0 Å². The van der Waals surface area contributed by atoms with Gasteiger partial charge in [-0.1, -0.05) is 36.0 Å². The monoisotopic (exact) mass is 277 g/mol. The van der Waals surface area contributed by atoms with Crippen molar-refractivity contribution in [3.8, 4) is 0 Å². The first kappa shape index (κ1) is 12.9. The van der Waals surface area contributed by atoms with Crippen LogP contribution in [0, 0.1) is 5.82 Å². The van der Waals surface area contributed by atoms with Crippen molar-refractivity contribution in [2.45, 2.75) is 37.8 Å². The first-order chi connectivity index (χ1) is 8.08. The van der Waals surface area contributed by atoms with E-state index in [9.17, 15) is 9.50 Å². The van der Waals surface area contributed by atoms with Gasteiger partial charge in [0.25, 0.3) is 0 Å². The standard InChI is InChI=1S/C12H14Cl2FNO/c13-8-5-7(15)6-9(14)12(8)16-10-3-1-2-4-11(10)17/h5-6,10-11,16-17H,1-4H2/t10-,11-/m0/s1. The van der Waals surface area contributed by atoms with Crippen molar-refractivity contribution in [3.05, 3.63) is 28.0 Å². The molecule has 0 aromatic heterocycles. The summed E-state index contributed by atoms with van der Waals surface area (Å²) in [5, 5.41) is 13.4. The lowest BCUT2D eigenvalue weighted by molar-refractivity contribution is 0.116. The molecule has 0 heterocycles. The van der Waals surface area contributed by atoms with Gasteiger partial charge in [0, 0.05) is 0 Å². The molecule has 2 nitrogen and oxygen atoms in total. The fourth-order valence-electron chi connectivity index (χ4n) is 2.15. The topological polar surface area (TPSA) is 32.3 Å². The second-order valence-electron chi connectivity index (χ2n) is 4.35. The summed E-state index contributed by atoms with van der Waals surface area (Å²) in [6.45, 7) is 0. The Morgan fingerprint density at radius 3 is 2.35 bits per heavy atom. The maximum Gasteiger partial charge on any atom is 0.126 e. The van der Waals surface area contributed by atoms with Crippen LogP contribution in [0.1, 0.15) is 25.7 Å². The summed E-state index contributed by atoms with van der Waals surface area (Å²) in [5.74, 6) is -0.463. The minimum Gasteiger partial charge on any atom is -0.391 e. The molecule has 17 heavy (non-hydrogen) atoms. The van der Waals surface area contributed by atoms with Crippen molar-refractivity contribution in [2.24, 2.45) is 0 Å². The van der Waals surface area contributed by atoms with Crippen LogP contribution in [0.4, 0.5) is 10.1 Å². The van der Waals surface area contributed by atoms with Gasteiger partial charge in [-0.2, -0.15) is 0 Å². The second-order valence-corrected chi connectivity index (χ2v) is 5.16. The molecule has 1 aromatic carbocycles. The maximum atomic E-state index is 13.0. The number of aliphatic hydroxyl groups is 1. The van der Waals surface area contributed by atoms with E-state index in [0.717, 1.165) is 25.7 Å². The Morgan fingerprint density at radius 1 is 1.18 bits per heavy atom. The minimum absolute atomic E-state index is 0.0655. The second kappa shape index (κ2) is 5.42. The van der Waals surface area contributed by atoms with Crippen LogP contribution in [0.3, 0.4) is 0 Å². The summed E-state index contributed by atoms with van der Waals surface area (Å²) in [6.07, 6.45) is 3.33. The van der Waals surface area contributed by atoms with Crippen LogP contribution in [0.15, 0.2) is 12.1 Å². The number of hydrogen-bond acceptors (Lipinski definition) is 2. The summed E-state index contributed by atoms with van der Waals surface area (Å²) in [4.78, 5) is 0. The van der Waals surface area contributed by atoms with Gasteiger partial charge in [0.05, 0.1) is 27.9 Å². The smallest absolute Gasteiger partial charge is 0.126 e. The van der Waals surface area contributed by atoms with E-state index < -0.39 is 11.9 Å². The lowest BCUT2D eigenvalue weighted by atomic mass is 9.92. The molecule has 0 spiro atoms. The molecule has 0 saturated heterocycles. The molecule has 1 aliphatic carbocycles. The van der Waals surface area contributed by atoms with Crippen LogP contribution in [0.5, 0.6) is 0 Å². The van der Waals surface area contributed by atoms with E-state index in [1.807, 2.05) is 0 Å². The molecule has 1 aliphatic rings. The van der Waals surface area contributed by atoms with E-state index in [2.05, 4.69) is 5.32 Å². The van der Waals surface area contributed by atoms with Crippen LogP contribution in [0.25, 0.3) is 0 Å². The first-order valence-electron chi connectivity index (χ1n) is 5.67. The molecule has 5 heteroatoms. The van der Waals surface area contributed by atoms with Gasteiger partial charge in [0.1, 0.15) is 5.82 Å². The fraction of sp³-hybridized carbons (Fsp3) is 0.500. The lowest BCUT2D eigenvalue weighted by Gasteiger charge is -2.29. The van der Waals surface area contributed by atoms with Crippen LogP contribution in [-0.4, -0.2) is 17.3 Å². The van der Waals surface area contributed by atoms with E-state index in [1.54, 1.807) is 0 Å². The largest absolute Gasteiger partial charge is 0.391 e. The van der Waals surface area contributed by atoms with E-state index in [0.29, 0.717) is 5.69 Å². The average Bonchev–Trinajstić information content (AvgIpc) is 2.25. The zero-order chi connectivity index (χ0) is 12.4. The lowest BCUT2D eigenvalue weighted by Crippen LogP contribution is -2.36. The van der Waals surface area contributed by atoms with Crippen molar-refractivity contribution in [1.82, 2.24) is 0 Å². The predicted molar refractivity (Wildman–Crippen MR) is 68.3 cm³/mol. The number of halogens is 3. The van der Waals surface area contributed by atoms with Gasteiger partial charge in [-0.25, -0.2) is 4.39 Å². The van der Waals surface area contributed by atoms with Crippen molar-refractivity contribution in [2.75, 3.05) is 5.32 Å². The van der Waals surface area contributed by atoms with Gasteiger partial charge >= 0.3 is 0 Å². The van der Waals surface area contributed by atoms with Gasteiger partial charge in [-0.05, 0) is 25.0 Å². The SMILES string of the molecule is O[C@H]1CCCC[C@@H]1Nc1c(Cl)cc(F)cc1Cl. The van der Waals surface area contributed by atoms with Gasteiger partial charge in [0.2, 0.25) is 0 Å². The zero-order valence-electron chi connectivity index (χ0n) is 9.22. The molecule has 1 aromatic rings. The number of aliphatic hydroxyl groups excluding tert-OH is 1. The number of rotatable bonds is 2. The van der Waals surface area contributed by atoms with Crippen molar-refractivity contribution in [1.29, 1.82) is 0 Å². The molecule has 2 N–H and O–H groups in total. The molecule has 94 valence electrons. The maximum absolute atomic E-state index is 13.0. The van der Waals surface area contributed by atoms with Gasteiger partial charge in [-0.15, -0.1) is 0 Å². The predicted octanol–water partition coefficient (Wildman–Crippen LogP) is 3.85. The Balaban J connectivity index is 2.17. The highest BCUT2D eigenvalue weighted by molar-refractivity contribution is 6.39. The summed E-state index contributed by atoms with van der Waals surface area (Å²) >= 11 is 11.9. The van der Waals surface area contributed by atoms with Crippen LogP contribution in [-0.2, 0) is 0 Å². The third kappa shape index (κ3) is 3.03. The third-order valence-corrected chi connectivity index (χ3v) is 3.66. The van der Waals surface area contributed by atoms with E-state index in [-0.39, 0.29) is 16.1 Å². The average molecular weight is 278 g/mol. The zero-order valence-corrected chi connectivity index (χ0v) is 10.7. The molecule has 0 bridgehead atoms. The van der Waals surface area contributed by atoms with E-state index in [1.165, 1.54) is 12.1 Å². The Morgan fingerprint density at radius 2 is 1.76 bits per heavy atom. The first-order valence-corrected chi connectivity index (χ1v) is 6.42. The summed E-state index contributed by atoms with van der Waals surface area (Å²) in [6, 6.07) is 2.36. The molecule has 0 radical (unpaired) electrons. The highest BCUT2D eigenvalue weighted by Crippen LogP contribution is 2.33. The van der Waals surface area contributed by atoms with Crippen molar-refractivity contribution < 1.29 is 9.50 Å². The summed E-state index contributed by atoms with van der Waals surface area (Å²) in [5.41, 5.74) is 0.501. The number of benzene rings is 1. The number of anilines is 1. The molecule has 0 amide bonds. The normalized spacial score (nSPS) is 24.7. The fourth-order valence-corrected chi connectivity index (χ4v) is 2.71. The molecular weight excluding hydrogens is 264 g/mol. The molecule has 1 saturated carbocycles. The van der Waals surface area contributed by atoms with Crippen LogP contribution < -0.4 is 5.32 Å². The number of nitrogens with one attached hydrogen (secondary N) is 1. The quantitative estimate of drug-likeness (QED) is 0.861. The highest BCUT2D eigenvalue weighted by Gasteiger charge is 2.24. The minimum atomic E-state index is -0.463. The summed E-state index contributed by atoms with van der Waals surface area (Å²) in [7, 11) is 0. The molecule has 0 aliphatic heterocycles. The third-order valence-electron chi connectivity index (χ3n) is 3.07. The number of hydrogen-bond donors (Lipinski definition) is 2. The molecular formula is C12H14Cl2FNO. The Bertz CT molecular complexity index is 390. The van der Waals surface area contributed by atoms with Crippen LogP contribution >= 0.6 is 23.2 Å². The Kier molecular flexibility index (Phi) is 4.13. The van der Waals surface area contributed by atoms with E-state index >= 15 is 0 Å².